The predicted molar refractivity (Wildman–Crippen MR) is 55.1 cm³/mol. The summed E-state index contributed by atoms with van der Waals surface area (Å²) in [5.41, 5.74) is -0.188. The maximum atomic E-state index is 12.5. The van der Waals surface area contributed by atoms with Crippen molar-refractivity contribution in [2.24, 2.45) is 0 Å². The van der Waals surface area contributed by atoms with Gasteiger partial charge in [0.15, 0.2) is 0 Å². The number of aromatic nitrogens is 1. The zero-order chi connectivity index (χ0) is 12.3. The van der Waals surface area contributed by atoms with Gasteiger partial charge in [0.25, 0.3) is 6.43 Å². The van der Waals surface area contributed by atoms with Crippen LogP contribution < -0.4 is 0 Å². The molecule has 0 unspecified atom stereocenters. The highest BCUT2D eigenvalue weighted by atomic mass is 35.5. The number of hydrogen-bond donors (Lipinski definition) is 1. The summed E-state index contributed by atoms with van der Waals surface area (Å²) >= 11 is 11.2. The number of halogens is 4. The Morgan fingerprint density at radius 2 is 2.19 bits per heavy atom. The van der Waals surface area contributed by atoms with Crippen LogP contribution >= 0.6 is 23.2 Å². The molecule has 7 heteroatoms. The van der Waals surface area contributed by atoms with Crippen LogP contribution in [0.3, 0.4) is 0 Å². The number of alkyl halides is 3. The van der Waals surface area contributed by atoms with E-state index in [-0.39, 0.29) is 22.2 Å². The zero-order valence-corrected chi connectivity index (χ0v) is 9.40. The van der Waals surface area contributed by atoms with Crippen LogP contribution in [0.15, 0.2) is 6.20 Å². The summed E-state index contributed by atoms with van der Waals surface area (Å²) in [4.78, 5) is 14.1. The Kier molecular flexibility index (Phi) is 4.44. The molecule has 1 rings (SSSR count). The van der Waals surface area contributed by atoms with Crippen LogP contribution in [-0.4, -0.2) is 16.1 Å². The van der Waals surface area contributed by atoms with Crippen molar-refractivity contribution >= 4 is 29.2 Å². The molecule has 0 saturated carbocycles. The van der Waals surface area contributed by atoms with Crippen molar-refractivity contribution in [1.82, 2.24) is 4.98 Å². The van der Waals surface area contributed by atoms with Crippen LogP contribution in [0.4, 0.5) is 8.78 Å². The molecule has 0 fully saturated rings. The number of carboxylic acids is 1. The fraction of sp³-hybridized carbons (Fsp3) is 0.333. The second kappa shape index (κ2) is 5.41. The first-order valence-corrected chi connectivity index (χ1v) is 5.10. The summed E-state index contributed by atoms with van der Waals surface area (Å²) in [7, 11) is 0. The lowest BCUT2D eigenvalue weighted by molar-refractivity contribution is -0.136. The largest absolute Gasteiger partial charge is 0.481 e. The van der Waals surface area contributed by atoms with E-state index in [0.717, 1.165) is 6.20 Å². The van der Waals surface area contributed by atoms with Crippen LogP contribution in [0.5, 0.6) is 0 Å². The summed E-state index contributed by atoms with van der Waals surface area (Å²) in [6.45, 7) is 0. The van der Waals surface area contributed by atoms with E-state index >= 15 is 0 Å². The van der Waals surface area contributed by atoms with Gasteiger partial charge >= 0.3 is 5.97 Å². The number of pyridine rings is 1. The van der Waals surface area contributed by atoms with E-state index in [9.17, 15) is 13.6 Å². The molecular weight excluding hydrogens is 263 g/mol. The van der Waals surface area contributed by atoms with E-state index in [1.165, 1.54) is 0 Å². The Morgan fingerprint density at radius 1 is 1.56 bits per heavy atom. The lowest BCUT2D eigenvalue weighted by atomic mass is 10.1. The van der Waals surface area contributed by atoms with Gasteiger partial charge in [-0.3, -0.25) is 9.78 Å². The summed E-state index contributed by atoms with van der Waals surface area (Å²) in [6, 6.07) is 0. The Balaban J connectivity index is 3.23. The number of rotatable bonds is 4. The van der Waals surface area contributed by atoms with Gasteiger partial charge in [0.2, 0.25) is 0 Å². The average Bonchev–Trinajstić information content (AvgIpc) is 2.16. The van der Waals surface area contributed by atoms with Crippen molar-refractivity contribution in [1.29, 1.82) is 0 Å². The molecule has 0 amide bonds. The second-order valence-electron chi connectivity index (χ2n) is 2.96. The van der Waals surface area contributed by atoms with Gasteiger partial charge in [-0.2, -0.15) is 0 Å². The fourth-order valence-electron chi connectivity index (χ4n) is 1.17. The van der Waals surface area contributed by atoms with Crippen molar-refractivity contribution in [3.63, 3.8) is 0 Å². The maximum Gasteiger partial charge on any atom is 0.309 e. The first-order chi connectivity index (χ1) is 7.47. The molecular formula is C9H7Cl2F2NO2. The lowest BCUT2D eigenvalue weighted by Crippen LogP contribution is -2.07. The minimum atomic E-state index is -2.76. The van der Waals surface area contributed by atoms with Crippen molar-refractivity contribution in [3.05, 3.63) is 28.0 Å². The molecule has 0 aliphatic heterocycles. The van der Waals surface area contributed by atoms with Crippen LogP contribution in [0.1, 0.15) is 23.2 Å². The molecule has 16 heavy (non-hydrogen) atoms. The topological polar surface area (TPSA) is 50.2 Å². The minimum absolute atomic E-state index is 0.108. The van der Waals surface area contributed by atoms with Crippen LogP contribution in [0.2, 0.25) is 5.02 Å². The van der Waals surface area contributed by atoms with Crippen molar-refractivity contribution in [2.45, 2.75) is 18.7 Å². The quantitative estimate of drug-likeness (QED) is 0.855. The molecule has 0 spiro atoms. The summed E-state index contributed by atoms with van der Waals surface area (Å²) in [5.74, 6) is -1.28. The molecule has 0 bridgehead atoms. The molecule has 0 saturated heterocycles. The summed E-state index contributed by atoms with van der Waals surface area (Å²) in [6.07, 6.45) is -2.28. The number of carboxylic acid groups (broad SMARTS) is 1. The molecule has 1 N–H and O–H groups in total. The Labute approximate surface area is 100 Å². The number of carbonyl (C=O) groups is 1. The SMILES string of the molecule is O=C(O)Cc1ncc(C(F)F)c(Cl)c1CCl. The third-order valence-corrected chi connectivity index (χ3v) is 2.63. The normalized spacial score (nSPS) is 10.8. The van der Waals surface area contributed by atoms with E-state index < -0.39 is 24.4 Å². The van der Waals surface area contributed by atoms with Gasteiger partial charge in [-0.1, -0.05) is 11.6 Å². The van der Waals surface area contributed by atoms with Gasteiger partial charge in [-0.25, -0.2) is 8.78 Å². The highest BCUT2D eigenvalue weighted by Gasteiger charge is 2.19. The van der Waals surface area contributed by atoms with Gasteiger partial charge in [0.05, 0.1) is 28.6 Å². The molecule has 0 radical (unpaired) electrons. The number of aliphatic carboxylic acids is 1. The number of nitrogens with zero attached hydrogens (tertiary/aromatic N) is 1. The third kappa shape index (κ3) is 2.80. The zero-order valence-electron chi connectivity index (χ0n) is 7.88. The van der Waals surface area contributed by atoms with Gasteiger partial charge in [0.1, 0.15) is 0 Å². The van der Waals surface area contributed by atoms with E-state index in [1.54, 1.807) is 0 Å². The first kappa shape index (κ1) is 13.1. The molecule has 0 aliphatic carbocycles. The van der Waals surface area contributed by atoms with Crippen molar-refractivity contribution < 1.29 is 18.7 Å². The molecule has 0 aliphatic rings. The molecule has 1 aromatic rings. The van der Waals surface area contributed by atoms with Crippen LogP contribution in [0.25, 0.3) is 0 Å². The molecule has 3 nitrogen and oxygen atoms in total. The molecule has 1 aromatic heterocycles. The van der Waals surface area contributed by atoms with Gasteiger partial charge in [-0.05, 0) is 0 Å². The van der Waals surface area contributed by atoms with Gasteiger partial charge in [-0.15, -0.1) is 11.6 Å². The number of hydrogen-bond acceptors (Lipinski definition) is 2. The molecule has 0 aromatic carbocycles. The van der Waals surface area contributed by atoms with Crippen molar-refractivity contribution in [2.75, 3.05) is 0 Å². The van der Waals surface area contributed by atoms with E-state index in [4.69, 9.17) is 28.3 Å². The monoisotopic (exact) mass is 269 g/mol. The van der Waals surface area contributed by atoms with E-state index in [1.807, 2.05) is 0 Å². The second-order valence-corrected chi connectivity index (χ2v) is 3.60. The maximum absolute atomic E-state index is 12.5. The van der Waals surface area contributed by atoms with Gasteiger partial charge in [0, 0.05) is 11.8 Å². The Morgan fingerprint density at radius 3 is 2.62 bits per heavy atom. The van der Waals surface area contributed by atoms with Crippen molar-refractivity contribution in [3.8, 4) is 0 Å². The molecule has 88 valence electrons. The highest BCUT2D eigenvalue weighted by Crippen LogP contribution is 2.31. The highest BCUT2D eigenvalue weighted by molar-refractivity contribution is 6.33. The Hall–Kier alpha value is -0.940. The minimum Gasteiger partial charge on any atom is -0.481 e. The van der Waals surface area contributed by atoms with E-state index in [0.29, 0.717) is 0 Å². The summed E-state index contributed by atoms with van der Waals surface area (Å²) in [5, 5.41) is 8.37. The smallest absolute Gasteiger partial charge is 0.309 e. The summed E-state index contributed by atoms with van der Waals surface area (Å²) < 4.78 is 24.9. The molecule has 0 atom stereocenters. The average molecular weight is 270 g/mol. The standard InChI is InChI=1S/C9H7Cl2F2NO2/c10-2-4-6(1-7(15)16)14-3-5(8(4)11)9(12)13/h3,9H,1-2H2,(H,15,16). The van der Waals surface area contributed by atoms with Crippen LogP contribution in [-0.2, 0) is 17.1 Å². The predicted octanol–water partition coefficient (Wildman–Crippen LogP) is 3.04. The Bertz CT molecular complexity index is 413. The third-order valence-electron chi connectivity index (χ3n) is 1.91. The first-order valence-electron chi connectivity index (χ1n) is 4.19. The molecule has 1 heterocycles. The van der Waals surface area contributed by atoms with Gasteiger partial charge < -0.3 is 5.11 Å². The van der Waals surface area contributed by atoms with Crippen LogP contribution in [0, 0.1) is 0 Å². The van der Waals surface area contributed by atoms with E-state index in [2.05, 4.69) is 4.98 Å². The lowest BCUT2D eigenvalue weighted by Gasteiger charge is -2.10. The fourth-order valence-corrected chi connectivity index (χ4v) is 1.83.